The van der Waals surface area contributed by atoms with Crippen molar-refractivity contribution in [3.05, 3.63) is 59.4 Å². The van der Waals surface area contributed by atoms with Gasteiger partial charge in [-0.2, -0.15) is 4.80 Å². The molecule has 0 spiro atoms. The highest BCUT2D eigenvalue weighted by atomic mass is 19.1. The summed E-state index contributed by atoms with van der Waals surface area (Å²) in [7, 11) is 0. The molecule has 0 aliphatic rings. The number of rotatable bonds is 6. The van der Waals surface area contributed by atoms with Crippen LogP contribution in [0.3, 0.4) is 0 Å². The number of tetrazole rings is 1. The predicted octanol–water partition coefficient (Wildman–Crippen LogP) is 2.60. The number of carbonyl (C=O) groups excluding carboxylic acids is 2. The molecular weight excluding hydrogens is 365 g/mol. The Morgan fingerprint density at radius 2 is 2.00 bits per heavy atom. The van der Waals surface area contributed by atoms with E-state index in [0.717, 1.165) is 10.4 Å². The van der Waals surface area contributed by atoms with E-state index in [1.54, 1.807) is 44.2 Å². The second-order valence-electron chi connectivity index (χ2n) is 5.92. The minimum absolute atomic E-state index is 0.0892. The molecule has 1 heterocycles. The van der Waals surface area contributed by atoms with Crippen molar-refractivity contribution in [2.45, 2.75) is 20.4 Å². The third kappa shape index (κ3) is 4.37. The highest BCUT2D eigenvalue weighted by Gasteiger charge is 2.14. The van der Waals surface area contributed by atoms with E-state index >= 15 is 0 Å². The van der Waals surface area contributed by atoms with Gasteiger partial charge in [0.15, 0.2) is 0 Å². The number of aryl methyl sites for hydroxylation is 1. The van der Waals surface area contributed by atoms with Crippen LogP contribution in [0.15, 0.2) is 42.5 Å². The Morgan fingerprint density at radius 1 is 1.21 bits per heavy atom. The number of esters is 1. The molecule has 0 aliphatic carbocycles. The number of ether oxygens (including phenoxy) is 1. The van der Waals surface area contributed by atoms with Crippen LogP contribution < -0.4 is 5.32 Å². The van der Waals surface area contributed by atoms with Gasteiger partial charge in [0.05, 0.1) is 17.7 Å². The van der Waals surface area contributed by atoms with E-state index in [4.69, 9.17) is 4.74 Å². The maximum atomic E-state index is 13.8. The first-order chi connectivity index (χ1) is 13.5. The largest absolute Gasteiger partial charge is 0.462 e. The van der Waals surface area contributed by atoms with Crippen molar-refractivity contribution < 1.29 is 18.7 Å². The molecule has 0 bridgehead atoms. The summed E-state index contributed by atoms with van der Waals surface area (Å²) in [5, 5.41) is 14.3. The molecule has 8 nitrogen and oxygen atoms in total. The molecule has 0 aliphatic heterocycles. The summed E-state index contributed by atoms with van der Waals surface area (Å²) < 4.78 is 18.8. The van der Waals surface area contributed by atoms with Gasteiger partial charge in [0.25, 0.3) is 0 Å². The molecule has 2 aromatic carbocycles. The first-order valence-corrected chi connectivity index (χ1v) is 8.58. The molecule has 0 atom stereocenters. The van der Waals surface area contributed by atoms with E-state index < -0.39 is 17.7 Å². The SMILES string of the molecule is CCOC(=O)c1ccc(C)c(NC(=O)Cn2nnc(-c3ccccc3F)n2)c1. The highest BCUT2D eigenvalue weighted by Crippen LogP contribution is 2.19. The third-order valence-electron chi connectivity index (χ3n) is 3.88. The molecule has 9 heteroatoms. The maximum absolute atomic E-state index is 13.8. The number of amides is 1. The summed E-state index contributed by atoms with van der Waals surface area (Å²) in [6.45, 7) is 3.56. The zero-order valence-electron chi connectivity index (χ0n) is 15.3. The van der Waals surface area contributed by atoms with Crippen molar-refractivity contribution in [2.75, 3.05) is 11.9 Å². The van der Waals surface area contributed by atoms with Crippen LogP contribution in [0.4, 0.5) is 10.1 Å². The van der Waals surface area contributed by atoms with E-state index in [1.165, 1.54) is 12.1 Å². The van der Waals surface area contributed by atoms with E-state index in [0.29, 0.717) is 11.3 Å². The number of nitrogens with zero attached hydrogens (tertiary/aromatic N) is 4. The zero-order chi connectivity index (χ0) is 20.1. The van der Waals surface area contributed by atoms with Crippen LogP contribution in [0.2, 0.25) is 0 Å². The molecule has 1 N–H and O–H groups in total. The second-order valence-corrected chi connectivity index (χ2v) is 5.92. The fourth-order valence-electron chi connectivity index (χ4n) is 2.48. The summed E-state index contributed by atoms with van der Waals surface area (Å²) >= 11 is 0. The number of anilines is 1. The number of halogens is 1. The lowest BCUT2D eigenvalue weighted by Gasteiger charge is -2.10. The Morgan fingerprint density at radius 3 is 2.75 bits per heavy atom. The van der Waals surface area contributed by atoms with E-state index in [-0.39, 0.29) is 24.5 Å². The van der Waals surface area contributed by atoms with Crippen LogP contribution in [0, 0.1) is 12.7 Å². The molecule has 28 heavy (non-hydrogen) atoms. The van der Waals surface area contributed by atoms with Crippen molar-refractivity contribution in [3.8, 4) is 11.4 Å². The normalized spacial score (nSPS) is 10.5. The molecule has 0 fully saturated rings. The van der Waals surface area contributed by atoms with Gasteiger partial charge in [-0.3, -0.25) is 4.79 Å². The number of benzene rings is 2. The Kier molecular flexibility index (Phi) is 5.73. The van der Waals surface area contributed by atoms with Crippen LogP contribution in [0.1, 0.15) is 22.8 Å². The Labute approximate surface area is 160 Å². The first kappa shape index (κ1) is 19.2. The van der Waals surface area contributed by atoms with Crippen LogP contribution in [0.5, 0.6) is 0 Å². The van der Waals surface area contributed by atoms with Gasteiger partial charge >= 0.3 is 5.97 Å². The van der Waals surface area contributed by atoms with Crippen LogP contribution in [-0.4, -0.2) is 38.7 Å². The van der Waals surface area contributed by atoms with Gasteiger partial charge in [0.2, 0.25) is 11.7 Å². The molecule has 0 unspecified atom stereocenters. The van der Waals surface area contributed by atoms with Gasteiger partial charge in [-0.05, 0) is 48.9 Å². The lowest BCUT2D eigenvalue weighted by molar-refractivity contribution is -0.117. The van der Waals surface area contributed by atoms with Crippen molar-refractivity contribution >= 4 is 17.6 Å². The monoisotopic (exact) mass is 383 g/mol. The van der Waals surface area contributed by atoms with Gasteiger partial charge in [-0.15, -0.1) is 10.2 Å². The minimum atomic E-state index is -0.474. The van der Waals surface area contributed by atoms with Gasteiger partial charge in [0, 0.05) is 5.69 Å². The Bertz CT molecular complexity index is 1020. The smallest absolute Gasteiger partial charge is 0.338 e. The van der Waals surface area contributed by atoms with E-state index in [9.17, 15) is 14.0 Å². The number of hydrogen-bond donors (Lipinski definition) is 1. The van der Waals surface area contributed by atoms with Crippen LogP contribution >= 0.6 is 0 Å². The molecule has 0 saturated carbocycles. The molecule has 1 amide bonds. The topological polar surface area (TPSA) is 99.0 Å². The Balaban J connectivity index is 1.70. The average Bonchev–Trinajstić information content (AvgIpc) is 3.12. The third-order valence-corrected chi connectivity index (χ3v) is 3.88. The minimum Gasteiger partial charge on any atom is -0.462 e. The standard InChI is InChI=1S/C19H18FN5O3/c1-3-28-19(27)13-9-8-12(2)16(10-13)21-17(26)11-25-23-18(22-24-25)14-6-4-5-7-15(14)20/h4-10H,3,11H2,1-2H3,(H,21,26). The molecule has 3 aromatic rings. The summed E-state index contributed by atoms with van der Waals surface area (Å²) in [5.41, 5.74) is 1.79. The summed E-state index contributed by atoms with van der Waals surface area (Å²) in [5.74, 6) is -1.27. The van der Waals surface area contributed by atoms with Crippen molar-refractivity contribution in [1.82, 2.24) is 20.2 Å². The second kappa shape index (κ2) is 8.38. The molecule has 1 aromatic heterocycles. The maximum Gasteiger partial charge on any atom is 0.338 e. The molecule has 0 saturated heterocycles. The van der Waals surface area contributed by atoms with Gasteiger partial charge in [0.1, 0.15) is 12.4 Å². The quantitative estimate of drug-likeness (QED) is 0.657. The van der Waals surface area contributed by atoms with Gasteiger partial charge in [-0.25, -0.2) is 9.18 Å². The molecule has 3 rings (SSSR count). The average molecular weight is 383 g/mol. The molecule has 0 radical (unpaired) electrons. The summed E-state index contributed by atoms with van der Waals surface area (Å²) in [4.78, 5) is 25.2. The number of carbonyl (C=O) groups is 2. The molecular formula is C19H18FN5O3. The Hall–Kier alpha value is -3.62. The highest BCUT2D eigenvalue weighted by molar-refractivity contribution is 5.95. The zero-order valence-corrected chi connectivity index (χ0v) is 15.3. The van der Waals surface area contributed by atoms with Crippen molar-refractivity contribution in [1.29, 1.82) is 0 Å². The number of hydrogen-bond acceptors (Lipinski definition) is 6. The van der Waals surface area contributed by atoms with E-state index in [1.807, 2.05) is 0 Å². The number of aromatic nitrogens is 4. The van der Waals surface area contributed by atoms with Crippen molar-refractivity contribution in [3.63, 3.8) is 0 Å². The van der Waals surface area contributed by atoms with Crippen LogP contribution in [-0.2, 0) is 16.1 Å². The summed E-state index contributed by atoms with van der Waals surface area (Å²) in [6, 6.07) is 10.9. The lowest BCUT2D eigenvalue weighted by Crippen LogP contribution is -2.21. The summed E-state index contributed by atoms with van der Waals surface area (Å²) in [6.07, 6.45) is 0. The van der Waals surface area contributed by atoms with E-state index in [2.05, 4.69) is 20.7 Å². The first-order valence-electron chi connectivity index (χ1n) is 8.58. The van der Waals surface area contributed by atoms with Crippen molar-refractivity contribution in [2.24, 2.45) is 0 Å². The number of nitrogens with one attached hydrogen (secondary N) is 1. The molecule has 144 valence electrons. The fourth-order valence-corrected chi connectivity index (χ4v) is 2.48. The lowest BCUT2D eigenvalue weighted by atomic mass is 10.1. The van der Waals surface area contributed by atoms with Gasteiger partial charge < -0.3 is 10.1 Å². The fraction of sp³-hybridized carbons (Fsp3) is 0.211. The van der Waals surface area contributed by atoms with Gasteiger partial charge in [-0.1, -0.05) is 18.2 Å². The van der Waals surface area contributed by atoms with Crippen LogP contribution in [0.25, 0.3) is 11.4 Å². The predicted molar refractivity (Wildman–Crippen MR) is 99.0 cm³/mol.